The van der Waals surface area contributed by atoms with Gasteiger partial charge in [0.25, 0.3) is 0 Å². The summed E-state index contributed by atoms with van der Waals surface area (Å²) in [6.45, 7) is 4.83. The predicted molar refractivity (Wildman–Crippen MR) is 63.1 cm³/mol. The maximum atomic E-state index is 11.8. The molecule has 0 aromatic heterocycles. The van der Waals surface area contributed by atoms with Crippen molar-refractivity contribution in [1.82, 2.24) is 10.2 Å². The van der Waals surface area contributed by atoms with Crippen LogP contribution in [-0.4, -0.2) is 55.3 Å². The van der Waals surface area contributed by atoms with E-state index < -0.39 is 14.6 Å². The molecule has 98 valence electrons. The fourth-order valence-corrected chi connectivity index (χ4v) is 2.42. The second-order valence-electron chi connectivity index (χ2n) is 5.02. The quantitative estimate of drug-likeness (QED) is 0.718. The molecule has 7 heteroatoms. The Morgan fingerprint density at radius 3 is 2.41 bits per heavy atom. The number of sulfone groups is 1. The van der Waals surface area contributed by atoms with Gasteiger partial charge in [0, 0.05) is 6.54 Å². The van der Waals surface area contributed by atoms with Gasteiger partial charge in [-0.25, -0.2) is 8.42 Å². The van der Waals surface area contributed by atoms with Gasteiger partial charge in [0.15, 0.2) is 9.84 Å². The molecule has 0 radical (unpaired) electrons. The molecule has 1 aliphatic rings. The van der Waals surface area contributed by atoms with Crippen LogP contribution in [0.4, 0.5) is 0 Å². The number of nitrogens with zero attached hydrogens (tertiary/aromatic N) is 1. The topological polar surface area (TPSA) is 83.6 Å². The Morgan fingerprint density at radius 1 is 1.29 bits per heavy atom. The molecule has 1 heterocycles. The second kappa shape index (κ2) is 4.64. The second-order valence-corrected chi connectivity index (χ2v) is 7.89. The largest absolute Gasteiger partial charge is 0.345 e. The highest BCUT2D eigenvalue weighted by Crippen LogP contribution is 2.16. The molecule has 1 fully saturated rings. The zero-order valence-corrected chi connectivity index (χ0v) is 11.1. The lowest BCUT2D eigenvalue weighted by Gasteiger charge is -2.28. The molecule has 2 amide bonds. The monoisotopic (exact) mass is 262 g/mol. The average molecular weight is 262 g/mol. The van der Waals surface area contributed by atoms with Gasteiger partial charge >= 0.3 is 0 Å². The molecule has 0 spiro atoms. The first-order valence-corrected chi connectivity index (χ1v) is 7.05. The summed E-state index contributed by atoms with van der Waals surface area (Å²) in [4.78, 5) is 23.8. The van der Waals surface area contributed by atoms with Crippen LogP contribution in [0.3, 0.4) is 0 Å². The lowest BCUT2D eigenvalue weighted by Crippen LogP contribution is -2.53. The lowest BCUT2D eigenvalue weighted by atomic mass is 10.3. The van der Waals surface area contributed by atoms with Gasteiger partial charge in [-0.05, 0) is 20.8 Å². The molecule has 0 bridgehead atoms. The van der Waals surface area contributed by atoms with Gasteiger partial charge in [-0.3, -0.25) is 9.59 Å². The summed E-state index contributed by atoms with van der Waals surface area (Å²) in [5.41, 5.74) is 0. The van der Waals surface area contributed by atoms with Gasteiger partial charge < -0.3 is 10.2 Å². The van der Waals surface area contributed by atoms with Gasteiger partial charge in [-0.15, -0.1) is 0 Å². The van der Waals surface area contributed by atoms with E-state index in [-0.39, 0.29) is 37.2 Å². The van der Waals surface area contributed by atoms with E-state index in [2.05, 4.69) is 5.32 Å². The summed E-state index contributed by atoms with van der Waals surface area (Å²) >= 11 is 0. The summed E-state index contributed by atoms with van der Waals surface area (Å²) < 4.78 is 22.8. The molecule has 0 atom stereocenters. The van der Waals surface area contributed by atoms with E-state index in [1.54, 1.807) is 20.8 Å². The zero-order valence-electron chi connectivity index (χ0n) is 10.3. The van der Waals surface area contributed by atoms with Crippen LogP contribution < -0.4 is 5.32 Å². The van der Waals surface area contributed by atoms with Crippen molar-refractivity contribution in [3.63, 3.8) is 0 Å². The normalized spacial score (nSPS) is 18.2. The van der Waals surface area contributed by atoms with Crippen LogP contribution >= 0.6 is 0 Å². The molecule has 0 aliphatic carbocycles. The van der Waals surface area contributed by atoms with Crippen molar-refractivity contribution in [2.24, 2.45) is 0 Å². The smallest absolute Gasteiger partial charge is 0.242 e. The van der Waals surface area contributed by atoms with Gasteiger partial charge in [-0.1, -0.05) is 0 Å². The number of carbonyl (C=O) groups excluding carboxylic acids is 2. The number of nitrogens with one attached hydrogen (secondary N) is 1. The van der Waals surface area contributed by atoms with Gasteiger partial charge in [0.05, 0.1) is 23.6 Å². The molecule has 1 saturated heterocycles. The van der Waals surface area contributed by atoms with Crippen molar-refractivity contribution in [2.75, 3.05) is 25.4 Å². The minimum Gasteiger partial charge on any atom is -0.345 e. The van der Waals surface area contributed by atoms with E-state index in [0.29, 0.717) is 0 Å². The minimum atomic E-state index is -3.26. The van der Waals surface area contributed by atoms with E-state index in [0.717, 1.165) is 0 Å². The summed E-state index contributed by atoms with van der Waals surface area (Å²) in [6.07, 6.45) is 0. The highest BCUT2D eigenvalue weighted by molar-refractivity contribution is 7.92. The van der Waals surface area contributed by atoms with Crippen molar-refractivity contribution in [3.05, 3.63) is 0 Å². The highest BCUT2D eigenvalue weighted by atomic mass is 32.2. The molecular weight excluding hydrogens is 244 g/mol. The maximum Gasteiger partial charge on any atom is 0.242 e. The minimum absolute atomic E-state index is 0.0472. The maximum absolute atomic E-state index is 11.8. The fraction of sp³-hybridized carbons (Fsp3) is 0.800. The number of amides is 2. The Labute approximate surface area is 101 Å². The number of hydrogen-bond donors (Lipinski definition) is 1. The third-order valence-corrected chi connectivity index (χ3v) is 5.27. The van der Waals surface area contributed by atoms with Crippen LogP contribution in [0.25, 0.3) is 0 Å². The zero-order chi connectivity index (χ0) is 13.3. The van der Waals surface area contributed by atoms with E-state index in [1.807, 2.05) is 0 Å². The Bertz CT molecular complexity index is 422. The number of hydrogen-bond acceptors (Lipinski definition) is 4. The van der Waals surface area contributed by atoms with Crippen molar-refractivity contribution in [2.45, 2.75) is 25.5 Å². The third kappa shape index (κ3) is 3.42. The molecular formula is C10H18N2O4S. The molecule has 6 nitrogen and oxygen atoms in total. The van der Waals surface area contributed by atoms with Gasteiger partial charge in [-0.2, -0.15) is 0 Å². The van der Waals surface area contributed by atoms with E-state index in [9.17, 15) is 18.0 Å². The third-order valence-electron chi connectivity index (χ3n) is 2.69. The van der Waals surface area contributed by atoms with Crippen LogP contribution in [0.5, 0.6) is 0 Å². The van der Waals surface area contributed by atoms with Crippen LogP contribution in [0.2, 0.25) is 0 Å². The Balaban J connectivity index is 2.62. The summed E-state index contributed by atoms with van der Waals surface area (Å²) in [5.74, 6) is -0.610. The van der Waals surface area contributed by atoms with Crippen molar-refractivity contribution >= 4 is 21.7 Å². The molecule has 0 unspecified atom stereocenters. The molecule has 1 rings (SSSR count). The van der Waals surface area contributed by atoms with Gasteiger partial charge in [0.1, 0.15) is 0 Å². The average Bonchev–Trinajstić information content (AvgIpc) is 2.18. The van der Waals surface area contributed by atoms with Crippen LogP contribution in [-0.2, 0) is 19.4 Å². The number of rotatable bonds is 3. The van der Waals surface area contributed by atoms with Crippen LogP contribution in [0.1, 0.15) is 20.8 Å². The summed E-state index contributed by atoms with van der Waals surface area (Å²) in [5, 5.41) is 2.41. The molecule has 0 aromatic rings. The first kappa shape index (κ1) is 14.0. The first-order valence-electron chi connectivity index (χ1n) is 5.40. The Hall–Kier alpha value is -1.11. The SMILES string of the molecule is CC(C)(C)S(=O)(=O)CCN1CC(=O)NCC1=O. The van der Waals surface area contributed by atoms with Crippen LogP contribution in [0.15, 0.2) is 0 Å². The van der Waals surface area contributed by atoms with Crippen LogP contribution in [0, 0.1) is 0 Å². The van der Waals surface area contributed by atoms with Crippen molar-refractivity contribution in [3.8, 4) is 0 Å². The summed E-state index contributed by atoms with van der Waals surface area (Å²) in [6, 6.07) is 0. The Kier molecular flexibility index (Phi) is 3.81. The van der Waals surface area contributed by atoms with E-state index >= 15 is 0 Å². The molecule has 1 aliphatic heterocycles. The highest BCUT2D eigenvalue weighted by Gasteiger charge is 2.31. The predicted octanol–water partition coefficient (Wildman–Crippen LogP) is -0.842. The van der Waals surface area contributed by atoms with Crippen molar-refractivity contribution in [1.29, 1.82) is 0 Å². The molecule has 17 heavy (non-hydrogen) atoms. The Morgan fingerprint density at radius 2 is 1.88 bits per heavy atom. The lowest BCUT2D eigenvalue weighted by molar-refractivity contribution is -0.140. The molecule has 0 saturated carbocycles. The molecule has 1 N–H and O–H groups in total. The molecule has 0 aromatic carbocycles. The van der Waals surface area contributed by atoms with E-state index in [4.69, 9.17) is 0 Å². The summed E-state index contributed by atoms with van der Waals surface area (Å²) in [7, 11) is -3.26. The van der Waals surface area contributed by atoms with Crippen molar-refractivity contribution < 1.29 is 18.0 Å². The first-order chi connectivity index (χ1) is 7.63. The number of piperazine rings is 1. The fourth-order valence-electron chi connectivity index (χ4n) is 1.34. The van der Waals surface area contributed by atoms with Gasteiger partial charge in [0.2, 0.25) is 11.8 Å². The standard InChI is InChI=1S/C10H18N2O4S/c1-10(2,3)17(15,16)5-4-12-7-8(13)11-6-9(12)14/h4-7H2,1-3H3,(H,11,13). The van der Waals surface area contributed by atoms with E-state index in [1.165, 1.54) is 4.90 Å². The number of carbonyl (C=O) groups is 2.